The topological polar surface area (TPSA) is 87.2 Å². The fraction of sp³-hybridized carbons (Fsp3) is 0.292. The van der Waals surface area contributed by atoms with Crippen LogP contribution in [0.3, 0.4) is 0 Å². The Balaban J connectivity index is 1.52. The van der Waals surface area contributed by atoms with Crippen LogP contribution in [-0.4, -0.2) is 60.2 Å². The van der Waals surface area contributed by atoms with Gasteiger partial charge in [0.15, 0.2) is 17.0 Å². The Morgan fingerprint density at radius 1 is 1.09 bits per heavy atom. The number of benzene rings is 2. The molecule has 5 rings (SSSR count). The van der Waals surface area contributed by atoms with Crippen molar-refractivity contribution in [2.24, 2.45) is 5.10 Å². The molecule has 3 heterocycles. The van der Waals surface area contributed by atoms with Crippen LogP contribution in [0.1, 0.15) is 23.7 Å². The van der Waals surface area contributed by atoms with Crippen LogP contribution in [0.25, 0.3) is 10.9 Å². The summed E-state index contributed by atoms with van der Waals surface area (Å²) >= 11 is 0. The van der Waals surface area contributed by atoms with Crippen LogP contribution < -0.4 is 9.47 Å². The maximum absolute atomic E-state index is 13.7. The lowest BCUT2D eigenvalue weighted by molar-refractivity contribution is -0.165. The number of aromatic nitrogens is 1. The highest BCUT2D eigenvalue weighted by atomic mass is 16.5. The summed E-state index contributed by atoms with van der Waals surface area (Å²) in [6.07, 6.45) is 2.27. The van der Waals surface area contributed by atoms with E-state index < -0.39 is 5.54 Å². The van der Waals surface area contributed by atoms with Crippen molar-refractivity contribution in [3.8, 4) is 11.5 Å². The summed E-state index contributed by atoms with van der Waals surface area (Å²) < 4.78 is 10.6. The number of carbonyl (C=O) groups is 2. The Morgan fingerprint density at radius 3 is 2.66 bits per heavy atom. The molecule has 2 amide bonds. The molecule has 8 nitrogen and oxygen atoms in total. The van der Waals surface area contributed by atoms with Gasteiger partial charge in [-0.2, -0.15) is 5.10 Å². The van der Waals surface area contributed by atoms with Gasteiger partial charge in [0.05, 0.1) is 26.1 Å². The first-order valence-corrected chi connectivity index (χ1v) is 10.5. The maximum atomic E-state index is 13.7. The molecule has 0 bridgehead atoms. The summed E-state index contributed by atoms with van der Waals surface area (Å²) in [6, 6.07) is 13.3. The standard InChI is InChI=1S/C24H24N4O4/c1-24-22-17(16-6-4-5-7-18(16)26-22)10-11-27(24)21(29)14-28(23(24)30)25-13-15-8-9-19(31-2)20(12-15)32-3/h4-9,12-13,26H,10-11,14H2,1-3H3/b25-13+/t24-/m1/s1. The number of hydrogen-bond donors (Lipinski definition) is 1. The molecule has 2 aliphatic heterocycles. The van der Waals surface area contributed by atoms with Crippen molar-refractivity contribution < 1.29 is 19.1 Å². The number of ether oxygens (including phenoxy) is 2. The molecular weight excluding hydrogens is 408 g/mol. The van der Waals surface area contributed by atoms with Gasteiger partial charge in [0.2, 0.25) is 5.91 Å². The van der Waals surface area contributed by atoms with Gasteiger partial charge in [0.25, 0.3) is 5.91 Å². The number of nitrogens with one attached hydrogen (secondary N) is 1. The summed E-state index contributed by atoms with van der Waals surface area (Å²) in [4.78, 5) is 31.8. The van der Waals surface area contributed by atoms with Crippen LogP contribution in [0.15, 0.2) is 47.6 Å². The molecule has 0 unspecified atom stereocenters. The smallest absolute Gasteiger partial charge is 0.275 e. The fourth-order valence-electron chi connectivity index (χ4n) is 4.75. The molecule has 1 aromatic heterocycles. The van der Waals surface area contributed by atoms with Crippen LogP contribution in [0.4, 0.5) is 0 Å². The van der Waals surface area contributed by atoms with E-state index in [0.717, 1.165) is 27.7 Å². The van der Waals surface area contributed by atoms with Crippen molar-refractivity contribution in [3.05, 3.63) is 59.3 Å². The van der Waals surface area contributed by atoms with E-state index in [2.05, 4.69) is 10.1 Å². The van der Waals surface area contributed by atoms with Crippen LogP contribution in [-0.2, 0) is 21.5 Å². The zero-order chi connectivity index (χ0) is 22.5. The van der Waals surface area contributed by atoms with Crippen molar-refractivity contribution in [2.75, 3.05) is 27.3 Å². The number of nitrogens with zero attached hydrogens (tertiary/aromatic N) is 3. The highest BCUT2D eigenvalue weighted by Crippen LogP contribution is 2.42. The SMILES string of the molecule is COc1ccc(/C=N/N2CC(=O)N3CCc4c([nH]c5ccccc45)[C@]3(C)C2=O)cc1OC. The number of carbonyl (C=O) groups excluding carboxylic acids is 2. The number of aromatic amines is 1. The van der Waals surface area contributed by atoms with Gasteiger partial charge in [-0.05, 0) is 48.7 Å². The minimum Gasteiger partial charge on any atom is -0.493 e. The predicted molar refractivity (Wildman–Crippen MR) is 120 cm³/mol. The average Bonchev–Trinajstić information content (AvgIpc) is 3.20. The molecule has 164 valence electrons. The van der Waals surface area contributed by atoms with Gasteiger partial charge in [-0.15, -0.1) is 0 Å². The Hall–Kier alpha value is -3.81. The second kappa shape index (κ2) is 7.40. The van der Waals surface area contributed by atoms with E-state index in [-0.39, 0.29) is 18.4 Å². The molecule has 32 heavy (non-hydrogen) atoms. The zero-order valence-corrected chi connectivity index (χ0v) is 18.2. The van der Waals surface area contributed by atoms with Crippen molar-refractivity contribution in [1.82, 2.24) is 14.9 Å². The van der Waals surface area contributed by atoms with Gasteiger partial charge in [-0.25, -0.2) is 5.01 Å². The maximum Gasteiger partial charge on any atom is 0.275 e. The number of piperazine rings is 1. The zero-order valence-electron chi connectivity index (χ0n) is 18.2. The molecule has 1 atom stereocenters. The first kappa shape index (κ1) is 20.1. The third-order valence-electron chi connectivity index (χ3n) is 6.42. The quantitative estimate of drug-likeness (QED) is 0.642. The van der Waals surface area contributed by atoms with E-state index in [1.165, 1.54) is 5.01 Å². The molecule has 1 N–H and O–H groups in total. The molecule has 1 fully saturated rings. The predicted octanol–water partition coefficient (Wildman–Crippen LogP) is 2.66. The number of amides is 2. The lowest BCUT2D eigenvalue weighted by atomic mass is 9.83. The van der Waals surface area contributed by atoms with Gasteiger partial charge in [0.1, 0.15) is 6.54 Å². The van der Waals surface area contributed by atoms with Gasteiger partial charge < -0.3 is 19.4 Å². The van der Waals surface area contributed by atoms with Crippen molar-refractivity contribution in [3.63, 3.8) is 0 Å². The number of para-hydroxylation sites is 1. The third-order valence-corrected chi connectivity index (χ3v) is 6.42. The molecule has 0 aliphatic carbocycles. The van der Waals surface area contributed by atoms with E-state index >= 15 is 0 Å². The first-order chi connectivity index (χ1) is 15.5. The number of hydrazone groups is 1. The lowest BCUT2D eigenvalue weighted by Gasteiger charge is -2.48. The van der Waals surface area contributed by atoms with Gasteiger partial charge >= 0.3 is 0 Å². The molecule has 2 aliphatic rings. The fourth-order valence-corrected chi connectivity index (χ4v) is 4.75. The summed E-state index contributed by atoms with van der Waals surface area (Å²) in [7, 11) is 3.13. The number of methoxy groups -OCH3 is 2. The molecule has 3 aromatic rings. The van der Waals surface area contributed by atoms with E-state index in [0.29, 0.717) is 24.5 Å². The summed E-state index contributed by atoms with van der Waals surface area (Å²) in [5, 5.41) is 6.73. The second-order valence-corrected chi connectivity index (χ2v) is 8.11. The van der Waals surface area contributed by atoms with Gasteiger partial charge in [0, 0.05) is 17.4 Å². The third kappa shape index (κ3) is 2.86. The van der Waals surface area contributed by atoms with E-state index in [4.69, 9.17) is 9.47 Å². The largest absolute Gasteiger partial charge is 0.493 e. The molecule has 1 saturated heterocycles. The summed E-state index contributed by atoms with van der Waals surface area (Å²) in [5.41, 5.74) is 2.43. The van der Waals surface area contributed by atoms with Gasteiger partial charge in [-0.1, -0.05) is 18.2 Å². The minimum atomic E-state index is -1.13. The number of H-pyrrole nitrogens is 1. The van der Waals surface area contributed by atoms with Crippen LogP contribution in [0, 0.1) is 0 Å². The number of fused-ring (bicyclic) bond motifs is 5. The van der Waals surface area contributed by atoms with E-state index in [1.54, 1.807) is 44.4 Å². The summed E-state index contributed by atoms with van der Waals surface area (Å²) in [5.74, 6) is 0.804. The number of hydrogen-bond acceptors (Lipinski definition) is 5. The Kier molecular flexibility index (Phi) is 4.65. The Bertz CT molecular complexity index is 1260. The Morgan fingerprint density at radius 2 is 1.88 bits per heavy atom. The molecular formula is C24H24N4O4. The van der Waals surface area contributed by atoms with Crippen molar-refractivity contribution in [1.29, 1.82) is 0 Å². The van der Waals surface area contributed by atoms with Crippen LogP contribution >= 0.6 is 0 Å². The van der Waals surface area contributed by atoms with E-state index in [1.807, 2.05) is 30.3 Å². The van der Waals surface area contributed by atoms with Crippen LogP contribution in [0.5, 0.6) is 11.5 Å². The first-order valence-electron chi connectivity index (χ1n) is 10.5. The summed E-state index contributed by atoms with van der Waals surface area (Å²) in [6.45, 7) is 2.22. The molecule has 0 spiro atoms. The van der Waals surface area contributed by atoms with Crippen LogP contribution in [0.2, 0.25) is 0 Å². The molecule has 8 heteroatoms. The Labute approximate surface area is 185 Å². The van der Waals surface area contributed by atoms with Crippen molar-refractivity contribution in [2.45, 2.75) is 18.9 Å². The normalized spacial score (nSPS) is 20.6. The minimum absolute atomic E-state index is 0.0895. The monoisotopic (exact) mass is 432 g/mol. The lowest BCUT2D eigenvalue weighted by Crippen LogP contribution is -2.65. The second-order valence-electron chi connectivity index (χ2n) is 8.11. The highest BCUT2D eigenvalue weighted by molar-refractivity contribution is 6.01. The molecule has 0 radical (unpaired) electrons. The van der Waals surface area contributed by atoms with E-state index in [9.17, 15) is 9.59 Å². The molecule has 0 saturated carbocycles. The average molecular weight is 432 g/mol. The van der Waals surface area contributed by atoms with Crippen molar-refractivity contribution >= 4 is 28.9 Å². The van der Waals surface area contributed by atoms with Gasteiger partial charge in [-0.3, -0.25) is 9.59 Å². The number of rotatable bonds is 4. The molecule has 2 aromatic carbocycles. The highest BCUT2D eigenvalue weighted by Gasteiger charge is 2.54.